The Morgan fingerprint density at radius 3 is 2.67 bits per heavy atom. The van der Waals surface area contributed by atoms with E-state index in [9.17, 15) is 4.79 Å². The lowest BCUT2D eigenvalue weighted by molar-refractivity contribution is -0.110. The highest BCUT2D eigenvalue weighted by molar-refractivity contribution is 7.96. The first kappa shape index (κ1) is 9.41. The highest BCUT2D eigenvalue weighted by atomic mass is 32.1. The molecule has 0 spiro atoms. The lowest BCUT2D eigenvalue weighted by Gasteiger charge is -1.94. The number of rotatable bonds is 5. The molecule has 1 unspecified atom stereocenters. The third-order valence-corrected chi connectivity index (χ3v) is 1.47. The maximum Gasteiger partial charge on any atom is 0.185 e. The monoisotopic (exact) mass is 165 g/mol. The number of nitrogens with one attached hydrogen (secondary N) is 1. The summed E-state index contributed by atoms with van der Waals surface area (Å²) in [7, 11) is 2.42. The van der Waals surface area contributed by atoms with Gasteiger partial charge in [-0.1, -0.05) is 9.39 Å². The van der Waals surface area contributed by atoms with E-state index in [4.69, 9.17) is 0 Å². The van der Waals surface area contributed by atoms with E-state index < -0.39 is 0 Å². The summed E-state index contributed by atoms with van der Waals surface area (Å²) in [5.41, 5.74) is 0. The second-order valence-corrected chi connectivity index (χ2v) is 2.71. The molecule has 0 saturated heterocycles. The third kappa shape index (κ3) is 8.41. The first-order valence-electron chi connectivity index (χ1n) is 2.92. The minimum absolute atomic E-state index is 0.0150. The van der Waals surface area contributed by atoms with Crippen LogP contribution >= 0.6 is 22.0 Å². The van der Waals surface area contributed by atoms with Crippen LogP contribution in [0.4, 0.5) is 0 Å². The Morgan fingerprint density at radius 2 is 2.22 bits per heavy atom. The molecule has 0 rings (SSSR count). The van der Waals surface area contributed by atoms with Crippen molar-refractivity contribution in [1.82, 2.24) is 5.09 Å². The number of carbonyl (C=O) groups is 1. The van der Waals surface area contributed by atoms with E-state index in [-0.39, 0.29) is 5.12 Å². The number of hydrogen-bond donors (Lipinski definition) is 2. The summed E-state index contributed by atoms with van der Waals surface area (Å²) in [5, 5.41) is 2.91. The molecule has 2 nitrogen and oxygen atoms in total. The Balaban J connectivity index is 2.83. The molecule has 9 heavy (non-hydrogen) atoms. The summed E-state index contributed by atoms with van der Waals surface area (Å²) in [6.45, 7) is 0.950. The topological polar surface area (TPSA) is 29.1 Å². The second kappa shape index (κ2) is 6.53. The molecule has 4 heteroatoms. The van der Waals surface area contributed by atoms with Gasteiger partial charge < -0.3 is 5.09 Å². The van der Waals surface area contributed by atoms with Crippen molar-refractivity contribution < 1.29 is 4.79 Å². The first-order chi connectivity index (χ1) is 4.27. The maximum atomic E-state index is 10.2. The number of hydrogen-bond acceptors (Lipinski definition) is 2. The maximum absolute atomic E-state index is 10.2. The molecule has 0 aliphatic heterocycles. The minimum atomic E-state index is -0.0150. The molecule has 0 aliphatic carbocycles. The first-order valence-corrected chi connectivity index (χ1v) is 3.95. The Hall–Kier alpha value is 0.410. The van der Waals surface area contributed by atoms with E-state index in [0.717, 1.165) is 19.4 Å². The predicted octanol–water partition coefficient (Wildman–Crippen LogP) is 0.993. The lowest BCUT2D eigenvalue weighted by Crippen LogP contribution is -2.00. The van der Waals surface area contributed by atoms with E-state index in [0.29, 0.717) is 6.42 Å². The van der Waals surface area contributed by atoms with Gasteiger partial charge in [0.1, 0.15) is 0 Å². The molecule has 54 valence electrons. The molecule has 1 N–H and O–H groups in total. The molecular formula is C5H12NOPS. The fourth-order valence-electron chi connectivity index (χ4n) is 0.503. The standard InChI is InChI=1S/C5H12NOPS/c7-5(9)3-1-2-4-6-8/h6H,1-4,8H2,(H,7,9). The van der Waals surface area contributed by atoms with Crippen LogP contribution in [-0.2, 0) is 4.79 Å². The van der Waals surface area contributed by atoms with Gasteiger partial charge in [0.05, 0.1) is 0 Å². The summed E-state index contributed by atoms with van der Waals surface area (Å²) in [6, 6.07) is 0. The Labute approximate surface area is 63.5 Å². The minimum Gasteiger partial charge on any atom is -0.301 e. The van der Waals surface area contributed by atoms with E-state index in [1.807, 2.05) is 0 Å². The molecule has 0 amide bonds. The van der Waals surface area contributed by atoms with Gasteiger partial charge in [-0.05, 0) is 19.4 Å². The fraction of sp³-hybridized carbons (Fsp3) is 0.800. The van der Waals surface area contributed by atoms with Gasteiger partial charge in [-0.25, -0.2) is 0 Å². The summed E-state index contributed by atoms with van der Waals surface area (Å²) in [5.74, 6) is 0. The molecule has 0 aliphatic rings. The smallest absolute Gasteiger partial charge is 0.185 e. The van der Waals surface area contributed by atoms with Crippen LogP contribution in [0.25, 0.3) is 0 Å². The van der Waals surface area contributed by atoms with Gasteiger partial charge in [0.25, 0.3) is 0 Å². The fourth-order valence-corrected chi connectivity index (χ4v) is 0.866. The zero-order chi connectivity index (χ0) is 7.11. The number of unbranched alkanes of at least 4 members (excludes halogenated alkanes) is 1. The number of thiol groups is 1. The zero-order valence-electron chi connectivity index (χ0n) is 5.26. The quantitative estimate of drug-likeness (QED) is 0.361. The van der Waals surface area contributed by atoms with Gasteiger partial charge in [-0.15, -0.1) is 12.6 Å². The summed E-state index contributed by atoms with van der Waals surface area (Å²) in [6.07, 6.45) is 2.56. The Morgan fingerprint density at radius 1 is 1.56 bits per heavy atom. The van der Waals surface area contributed by atoms with E-state index in [2.05, 4.69) is 27.1 Å². The van der Waals surface area contributed by atoms with Crippen LogP contribution in [0.3, 0.4) is 0 Å². The Bertz CT molecular complexity index is 89.0. The second-order valence-electron chi connectivity index (χ2n) is 1.80. The van der Waals surface area contributed by atoms with E-state index in [1.54, 1.807) is 0 Å². The third-order valence-electron chi connectivity index (χ3n) is 0.962. The van der Waals surface area contributed by atoms with Gasteiger partial charge in [-0.2, -0.15) is 0 Å². The summed E-state index contributed by atoms with van der Waals surface area (Å²) >= 11 is 3.64. The van der Waals surface area contributed by atoms with Crippen LogP contribution in [0.1, 0.15) is 19.3 Å². The van der Waals surface area contributed by atoms with Crippen LogP contribution in [0, 0.1) is 0 Å². The van der Waals surface area contributed by atoms with Gasteiger partial charge in [0, 0.05) is 6.42 Å². The van der Waals surface area contributed by atoms with Crippen LogP contribution in [0.5, 0.6) is 0 Å². The molecule has 0 aromatic carbocycles. The van der Waals surface area contributed by atoms with Crippen molar-refractivity contribution in [1.29, 1.82) is 0 Å². The van der Waals surface area contributed by atoms with Crippen molar-refractivity contribution in [3.63, 3.8) is 0 Å². The molecule has 0 saturated carbocycles. The van der Waals surface area contributed by atoms with Crippen LogP contribution in [0.15, 0.2) is 0 Å². The lowest BCUT2D eigenvalue weighted by atomic mass is 10.2. The van der Waals surface area contributed by atoms with E-state index >= 15 is 0 Å². The van der Waals surface area contributed by atoms with Crippen molar-refractivity contribution >= 4 is 27.1 Å². The van der Waals surface area contributed by atoms with Crippen molar-refractivity contribution in [3.8, 4) is 0 Å². The largest absolute Gasteiger partial charge is 0.301 e. The van der Waals surface area contributed by atoms with Gasteiger partial charge in [0.15, 0.2) is 5.12 Å². The normalized spacial score (nSPS) is 9.56. The molecule has 0 bridgehead atoms. The SMILES string of the molecule is O=C(S)CCCCNP. The molecule has 1 atom stereocenters. The van der Waals surface area contributed by atoms with Crippen molar-refractivity contribution in [2.75, 3.05) is 6.54 Å². The molecule has 0 fully saturated rings. The summed E-state index contributed by atoms with van der Waals surface area (Å²) in [4.78, 5) is 10.2. The van der Waals surface area contributed by atoms with Gasteiger partial charge in [-0.3, -0.25) is 4.79 Å². The van der Waals surface area contributed by atoms with Crippen LogP contribution in [-0.4, -0.2) is 11.7 Å². The highest BCUT2D eigenvalue weighted by Gasteiger charge is 1.91. The van der Waals surface area contributed by atoms with Crippen molar-refractivity contribution in [3.05, 3.63) is 0 Å². The molecule has 0 radical (unpaired) electrons. The highest BCUT2D eigenvalue weighted by Crippen LogP contribution is 1.97. The van der Waals surface area contributed by atoms with Crippen molar-refractivity contribution in [2.24, 2.45) is 0 Å². The molecule has 0 heterocycles. The molecule has 0 aromatic heterocycles. The average molecular weight is 165 g/mol. The van der Waals surface area contributed by atoms with Crippen molar-refractivity contribution in [2.45, 2.75) is 19.3 Å². The Kier molecular flexibility index (Phi) is 6.83. The van der Waals surface area contributed by atoms with Crippen LogP contribution in [0.2, 0.25) is 0 Å². The molecule has 0 aromatic rings. The number of carbonyl (C=O) groups excluding carboxylic acids is 1. The summed E-state index contributed by atoms with van der Waals surface area (Å²) < 4.78 is 0. The van der Waals surface area contributed by atoms with Crippen LogP contribution < -0.4 is 5.09 Å². The van der Waals surface area contributed by atoms with Gasteiger partial charge >= 0.3 is 0 Å². The molecular weight excluding hydrogens is 153 g/mol. The van der Waals surface area contributed by atoms with E-state index in [1.165, 1.54) is 0 Å². The zero-order valence-corrected chi connectivity index (χ0v) is 7.31. The predicted molar refractivity (Wildman–Crippen MR) is 45.6 cm³/mol. The average Bonchev–Trinajstić information content (AvgIpc) is 1.80. The van der Waals surface area contributed by atoms with Gasteiger partial charge in [0.2, 0.25) is 0 Å².